The molecule has 1 N–H and O–H groups in total. The molecule has 1 rings (SSSR count). The molecule has 102 valence electrons. The predicted octanol–water partition coefficient (Wildman–Crippen LogP) is 2.52. The summed E-state index contributed by atoms with van der Waals surface area (Å²) >= 11 is 0. The van der Waals surface area contributed by atoms with Crippen molar-refractivity contribution >= 4 is 0 Å². The molecule has 0 amide bonds. The molecule has 0 aliphatic carbocycles. The highest BCUT2D eigenvalue weighted by Gasteiger charge is 2.09. The molecule has 0 heterocycles. The maximum absolute atomic E-state index is 5.25. The van der Waals surface area contributed by atoms with Crippen molar-refractivity contribution in [1.82, 2.24) is 10.2 Å². The molecule has 0 spiro atoms. The van der Waals surface area contributed by atoms with Crippen LogP contribution < -0.4 is 10.1 Å². The van der Waals surface area contributed by atoms with Gasteiger partial charge in [0.25, 0.3) is 0 Å². The molecule has 0 bridgehead atoms. The van der Waals surface area contributed by atoms with Gasteiger partial charge in [-0.1, -0.05) is 25.5 Å². The third-order valence-corrected chi connectivity index (χ3v) is 3.16. The van der Waals surface area contributed by atoms with Crippen LogP contribution in [0.1, 0.15) is 25.3 Å². The van der Waals surface area contributed by atoms with Gasteiger partial charge in [-0.05, 0) is 38.2 Å². The number of hydrogen-bond acceptors (Lipinski definition) is 3. The van der Waals surface area contributed by atoms with Gasteiger partial charge in [-0.2, -0.15) is 0 Å². The predicted molar refractivity (Wildman–Crippen MR) is 77.1 cm³/mol. The third kappa shape index (κ3) is 5.07. The van der Waals surface area contributed by atoms with Gasteiger partial charge in [0, 0.05) is 19.1 Å². The normalized spacial score (nSPS) is 12.7. The molecule has 0 aromatic heterocycles. The maximum Gasteiger partial charge on any atom is 0.119 e. The van der Waals surface area contributed by atoms with E-state index in [1.165, 1.54) is 18.4 Å². The van der Waals surface area contributed by atoms with E-state index in [4.69, 9.17) is 4.74 Å². The summed E-state index contributed by atoms with van der Waals surface area (Å²) in [6.45, 7) is 4.26. The van der Waals surface area contributed by atoms with Crippen LogP contribution in [0.2, 0.25) is 0 Å². The fourth-order valence-corrected chi connectivity index (χ4v) is 2.20. The zero-order valence-electron chi connectivity index (χ0n) is 12.1. The molecule has 0 fully saturated rings. The molecule has 1 unspecified atom stereocenters. The smallest absolute Gasteiger partial charge is 0.119 e. The topological polar surface area (TPSA) is 24.5 Å². The number of likely N-dealkylation sites (N-methyl/N-ethyl adjacent to an activating group) is 2. The van der Waals surface area contributed by atoms with E-state index in [-0.39, 0.29) is 0 Å². The lowest BCUT2D eigenvalue weighted by molar-refractivity contribution is 0.279. The van der Waals surface area contributed by atoms with Crippen molar-refractivity contribution in [2.75, 3.05) is 27.7 Å². The van der Waals surface area contributed by atoms with Crippen molar-refractivity contribution in [3.05, 3.63) is 29.8 Å². The van der Waals surface area contributed by atoms with E-state index in [0.29, 0.717) is 6.04 Å². The fourth-order valence-electron chi connectivity index (χ4n) is 2.20. The summed E-state index contributed by atoms with van der Waals surface area (Å²) in [5, 5.41) is 3.38. The number of nitrogens with one attached hydrogen (secondary N) is 1. The molecule has 3 nitrogen and oxygen atoms in total. The SMILES string of the molecule is CCCC(CN(C)Cc1cccc(OC)c1)NC. The number of nitrogens with zero attached hydrogens (tertiary/aromatic N) is 1. The van der Waals surface area contributed by atoms with E-state index in [1.807, 2.05) is 19.2 Å². The Balaban J connectivity index is 2.49. The van der Waals surface area contributed by atoms with Crippen LogP contribution in [0.15, 0.2) is 24.3 Å². The fraction of sp³-hybridized carbons (Fsp3) is 0.600. The minimum Gasteiger partial charge on any atom is -0.497 e. The molecule has 0 aliphatic rings. The number of rotatable bonds is 8. The quantitative estimate of drug-likeness (QED) is 0.767. The molecule has 1 aromatic carbocycles. The second kappa shape index (κ2) is 8.11. The Hall–Kier alpha value is -1.06. The van der Waals surface area contributed by atoms with Crippen molar-refractivity contribution < 1.29 is 4.74 Å². The summed E-state index contributed by atoms with van der Waals surface area (Å²) in [4.78, 5) is 2.35. The van der Waals surface area contributed by atoms with Gasteiger partial charge in [0.15, 0.2) is 0 Å². The number of methoxy groups -OCH3 is 1. The molecular formula is C15H26N2O. The van der Waals surface area contributed by atoms with Crippen LogP contribution in [0.3, 0.4) is 0 Å². The van der Waals surface area contributed by atoms with E-state index in [0.717, 1.165) is 18.8 Å². The van der Waals surface area contributed by atoms with Crippen molar-refractivity contribution in [3.63, 3.8) is 0 Å². The highest BCUT2D eigenvalue weighted by atomic mass is 16.5. The van der Waals surface area contributed by atoms with Gasteiger partial charge in [-0.3, -0.25) is 0 Å². The average molecular weight is 250 g/mol. The minimum atomic E-state index is 0.575. The summed E-state index contributed by atoms with van der Waals surface area (Å²) in [7, 11) is 5.92. The summed E-state index contributed by atoms with van der Waals surface area (Å²) in [5.41, 5.74) is 1.29. The van der Waals surface area contributed by atoms with Gasteiger partial charge in [-0.25, -0.2) is 0 Å². The highest BCUT2D eigenvalue weighted by molar-refractivity contribution is 5.28. The van der Waals surface area contributed by atoms with Gasteiger partial charge in [0.05, 0.1) is 7.11 Å². The first-order valence-corrected chi connectivity index (χ1v) is 6.68. The summed E-state index contributed by atoms with van der Waals surface area (Å²) < 4.78 is 5.25. The van der Waals surface area contributed by atoms with Crippen LogP contribution in [0.5, 0.6) is 5.75 Å². The maximum atomic E-state index is 5.25. The van der Waals surface area contributed by atoms with Gasteiger partial charge >= 0.3 is 0 Å². The molecule has 1 atom stereocenters. The van der Waals surface area contributed by atoms with E-state index in [9.17, 15) is 0 Å². The highest BCUT2D eigenvalue weighted by Crippen LogP contribution is 2.14. The molecule has 0 radical (unpaired) electrons. The first-order chi connectivity index (χ1) is 8.69. The lowest BCUT2D eigenvalue weighted by Crippen LogP contribution is -2.37. The Labute approximate surface area is 111 Å². The summed E-state index contributed by atoms with van der Waals surface area (Å²) in [6, 6.07) is 8.85. The second-order valence-corrected chi connectivity index (χ2v) is 4.82. The summed E-state index contributed by atoms with van der Waals surface area (Å²) in [5.74, 6) is 0.930. The molecule has 0 saturated carbocycles. The van der Waals surface area contributed by atoms with Crippen molar-refractivity contribution in [2.45, 2.75) is 32.4 Å². The van der Waals surface area contributed by atoms with Gasteiger partial charge in [0.2, 0.25) is 0 Å². The molecule has 1 aromatic rings. The Bertz CT molecular complexity index is 341. The Morgan fingerprint density at radius 3 is 2.78 bits per heavy atom. The van der Waals surface area contributed by atoms with Gasteiger partial charge < -0.3 is 15.0 Å². The Kier molecular flexibility index (Phi) is 6.76. The average Bonchev–Trinajstić information content (AvgIpc) is 2.38. The number of benzene rings is 1. The van der Waals surface area contributed by atoms with Crippen LogP contribution in [-0.4, -0.2) is 38.7 Å². The van der Waals surface area contributed by atoms with E-state index in [1.54, 1.807) is 7.11 Å². The van der Waals surface area contributed by atoms with Crippen LogP contribution in [0, 0.1) is 0 Å². The van der Waals surface area contributed by atoms with Crippen molar-refractivity contribution in [2.24, 2.45) is 0 Å². The zero-order valence-corrected chi connectivity index (χ0v) is 12.1. The zero-order chi connectivity index (χ0) is 13.4. The van der Waals surface area contributed by atoms with Gasteiger partial charge in [-0.15, -0.1) is 0 Å². The van der Waals surface area contributed by atoms with Crippen LogP contribution in [0.4, 0.5) is 0 Å². The van der Waals surface area contributed by atoms with Gasteiger partial charge in [0.1, 0.15) is 5.75 Å². The lowest BCUT2D eigenvalue weighted by Gasteiger charge is -2.23. The third-order valence-electron chi connectivity index (χ3n) is 3.16. The molecule has 0 aliphatic heterocycles. The lowest BCUT2D eigenvalue weighted by atomic mass is 10.1. The Morgan fingerprint density at radius 1 is 1.39 bits per heavy atom. The van der Waals surface area contributed by atoms with E-state index >= 15 is 0 Å². The summed E-state index contributed by atoms with van der Waals surface area (Å²) in [6.07, 6.45) is 2.44. The minimum absolute atomic E-state index is 0.575. The monoisotopic (exact) mass is 250 g/mol. The molecule has 0 saturated heterocycles. The largest absolute Gasteiger partial charge is 0.497 e. The molecule has 18 heavy (non-hydrogen) atoms. The second-order valence-electron chi connectivity index (χ2n) is 4.82. The first kappa shape index (κ1) is 15.0. The van der Waals surface area contributed by atoms with Crippen molar-refractivity contribution in [3.8, 4) is 5.75 Å². The van der Waals surface area contributed by atoms with Crippen LogP contribution >= 0.6 is 0 Å². The first-order valence-electron chi connectivity index (χ1n) is 6.68. The van der Waals surface area contributed by atoms with Crippen molar-refractivity contribution in [1.29, 1.82) is 0 Å². The van der Waals surface area contributed by atoms with Crippen LogP contribution in [-0.2, 0) is 6.54 Å². The van der Waals surface area contributed by atoms with E-state index in [2.05, 4.69) is 36.3 Å². The van der Waals surface area contributed by atoms with Crippen LogP contribution in [0.25, 0.3) is 0 Å². The van der Waals surface area contributed by atoms with E-state index < -0.39 is 0 Å². The standard InChI is InChI=1S/C15H26N2O/c1-5-7-14(16-2)12-17(3)11-13-8-6-9-15(10-13)18-4/h6,8-10,14,16H,5,7,11-12H2,1-4H3. The number of ether oxygens (including phenoxy) is 1. The molecule has 3 heteroatoms. The number of hydrogen-bond donors (Lipinski definition) is 1. The molecular weight excluding hydrogens is 224 g/mol. The Morgan fingerprint density at radius 2 is 2.17 bits per heavy atom.